The lowest BCUT2D eigenvalue weighted by atomic mass is 10.2. The van der Waals surface area contributed by atoms with Crippen molar-refractivity contribution in [3.05, 3.63) is 10.6 Å². The maximum Gasteiger partial charge on any atom is 0.186 e. The van der Waals surface area contributed by atoms with Crippen molar-refractivity contribution < 1.29 is 0 Å². The first-order chi connectivity index (χ1) is 9.28. The molecule has 0 amide bonds. The van der Waals surface area contributed by atoms with E-state index < -0.39 is 0 Å². The van der Waals surface area contributed by atoms with Crippen molar-refractivity contribution in [2.24, 2.45) is 0 Å². The first-order valence-electron chi connectivity index (χ1n) is 7.74. The van der Waals surface area contributed by atoms with Gasteiger partial charge in [0.1, 0.15) is 0 Å². The highest BCUT2D eigenvalue weighted by Gasteiger charge is 2.25. The molecule has 1 heterocycles. The van der Waals surface area contributed by atoms with Crippen LogP contribution < -0.4 is 10.2 Å². The summed E-state index contributed by atoms with van der Waals surface area (Å²) in [6, 6.07) is 1.52. The number of nitrogens with zero attached hydrogens (tertiary/aromatic N) is 2. The molecule has 2 aliphatic rings. The van der Waals surface area contributed by atoms with Crippen LogP contribution in [0.4, 0.5) is 5.13 Å². The zero-order valence-corrected chi connectivity index (χ0v) is 12.9. The topological polar surface area (TPSA) is 28.2 Å². The molecule has 0 bridgehead atoms. The normalized spacial score (nSPS) is 20.1. The predicted molar refractivity (Wildman–Crippen MR) is 82.0 cm³/mol. The highest BCUT2D eigenvalue weighted by atomic mass is 32.1. The van der Waals surface area contributed by atoms with Crippen molar-refractivity contribution in [3.8, 4) is 0 Å². The lowest BCUT2D eigenvalue weighted by molar-refractivity contribution is 0.618. The van der Waals surface area contributed by atoms with E-state index >= 15 is 0 Å². The Labute approximate surface area is 120 Å². The summed E-state index contributed by atoms with van der Waals surface area (Å²) >= 11 is 1.90. The van der Waals surface area contributed by atoms with Crippen LogP contribution in [0.25, 0.3) is 0 Å². The molecule has 0 spiro atoms. The number of aromatic nitrogens is 1. The number of hydrogen-bond acceptors (Lipinski definition) is 4. The number of rotatable bonds is 6. The zero-order chi connectivity index (χ0) is 13.2. The van der Waals surface area contributed by atoms with Gasteiger partial charge < -0.3 is 10.2 Å². The molecule has 3 nitrogen and oxygen atoms in total. The van der Waals surface area contributed by atoms with Crippen LogP contribution in [0.1, 0.15) is 56.0 Å². The van der Waals surface area contributed by atoms with Gasteiger partial charge in [-0.25, -0.2) is 4.98 Å². The molecular weight excluding hydrogens is 254 g/mol. The van der Waals surface area contributed by atoms with Gasteiger partial charge in [0, 0.05) is 30.1 Å². The Bertz CT molecular complexity index is 419. The van der Waals surface area contributed by atoms with E-state index in [1.54, 1.807) is 0 Å². The van der Waals surface area contributed by atoms with Crippen LogP contribution in [0.5, 0.6) is 0 Å². The van der Waals surface area contributed by atoms with Crippen LogP contribution >= 0.6 is 11.3 Å². The fourth-order valence-corrected chi connectivity index (χ4v) is 4.14. The SMILES string of the molecule is CCN(c1nc(C)c(CNC2CC2)s1)C1CCCC1. The third-order valence-electron chi connectivity index (χ3n) is 4.36. The number of nitrogens with one attached hydrogen (secondary N) is 1. The molecule has 1 N–H and O–H groups in total. The summed E-state index contributed by atoms with van der Waals surface area (Å²) in [7, 11) is 0. The summed E-state index contributed by atoms with van der Waals surface area (Å²) in [5.74, 6) is 0. The summed E-state index contributed by atoms with van der Waals surface area (Å²) in [6.45, 7) is 6.52. The van der Waals surface area contributed by atoms with Crippen molar-refractivity contribution in [3.63, 3.8) is 0 Å². The minimum atomic E-state index is 0.736. The molecule has 19 heavy (non-hydrogen) atoms. The van der Waals surface area contributed by atoms with Gasteiger partial charge >= 0.3 is 0 Å². The molecule has 2 saturated carbocycles. The maximum atomic E-state index is 4.83. The molecule has 0 unspecified atom stereocenters. The predicted octanol–water partition coefficient (Wildman–Crippen LogP) is 3.47. The molecule has 0 atom stereocenters. The largest absolute Gasteiger partial charge is 0.345 e. The Balaban J connectivity index is 1.69. The second-order valence-electron chi connectivity index (χ2n) is 5.88. The van der Waals surface area contributed by atoms with Gasteiger partial charge in [0.05, 0.1) is 5.69 Å². The van der Waals surface area contributed by atoms with E-state index in [-0.39, 0.29) is 0 Å². The first-order valence-corrected chi connectivity index (χ1v) is 8.56. The van der Waals surface area contributed by atoms with Crippen LogP contribution in [-0.4, -0.2) is 23.6 Å². The maximum absolute atomic E-state index is 4.83. The van der Waals surface area contributed by atoms with Crippen LogP contribution in [0.2, 0.25) is 0 Å². The second kappa shape index (κ2) is 5.80. The van der Waals surface area contributed by atoms with Gasteiger partial charge in [-0.1, -0.05) is 12.8 Å². The van der Waals surface area contributed by atoms with Crippen molar-refractivity contribution in [2.75, 3.05) is 11.4 Å². The average Bonchev–Trinajstić information content (AvgIpc) is 2.94. The Morgan fingerprint density at radius 2 is 2.00 bits per heavy atom. The minimum Gasteiger partial charge on any atom is -0.345 e. The van der Waals surface area contributed by atoms with Crippen molar-refractivity contribution in [1.82, 2.24) is 10.3 Å². The number of anilines is 1. The molecule has 0 aromatic carbocycles. The molecule has 1 aromatic heterocycles. The summed E-state index contributed by atoms with van der Waals surface area (Å²) in [4.78, 5) is 8.79. The third kappa shape index (κ3) is 3.11. The lowest BCUT2D eigenvalue weighted by Gasteiger charge is -2.26. The smallest absolute Gasteiger partial charge is 0.186 e. The quantitative estimate of drug-likeness (QED) is 0.864. The van der Waals surface area contributed by atoms with Crippen LogP contribution in [-0.2, 0) is 6.54 Å². The Hall–Kier alpha value is -0.610. The number of hydrogen-bond donors (Lipinski definition) is 1. The van der Waals surface area contributed by atoms with Crippen LogP contribution in [0.15, 0.2) is 0 Å². The minimum absolute atomic E-state index is 0.736. The molecule has 0 saturated heterocycles. The van der Waals surface area contributed by atoms with E-state index in [1.165, 1.54) is 54.2 Å². The van der Waals surface area contributed by atoms with Crippen molar-refractivity contribution >= 4 is 16.5 Å². The Morgan fingerprint density at radius 1 is 1.26 bits per heavy atom. The molecule has 106 valence electrons. The van der Waals surface area contributed by atoms with E-state index in [4.69, 9.17) is 4.98 Å². The van der Waals surface area contributed by atoms with Crippen molar-refractivity contribution in [1.29, 1.82) is 0 Å². The fraction of sp³-hybridized carbons (Fsp3) is 0.800. The Morgan fingerprint density at radius 3 is 2.63 bits per heavy atom. The van der Waals surface area contributed by atoms with Gasteiger partial charge in [-0.05, 0) is 39.5 Å². The average molecular weight is 279 g/mol. The summed E-state index contributed by atoms with van der Waals surface area (Å²) in [6.07, 6.45) is 8.19. The molecule has 0 aliphatic heterocycles. The molecule has 2 fully saturated rings. The summed E-state index contributed by atoms with van der Waals surface area (Å²) in [5, 5.41) is 4.85. The van der Waals surface area contributed by atoms with Gasteiger partial charge in [0.15, 0.2) is 5.13 Å². The van der Waals surface area contributed by atoms with E-state index in [9.17, 15) is 0 Å². The molecule has 0 radical (unpaired) electrons. The monoisotopic (exact) mass is 279 g/mol. The molecule has 3 rings (SSSR count). The molecule has 1 aromatic rings. The lowest BCUT2D eigenvalue weighted by Crippen LogP contribution is -2.32. The number of thiazole rings is 1. The van der Waals surface area contributed by atoms with E-state index in [0.29, 0.717) is 0 Å². The standard InChI is InChI=1S/C15H25N3S/c1-3-18(13-6-4-5-7-13)15-17-11(2)14(19-15)10-16-12-8-9-12/h12-13,16H,3-10H2,1-2H3. The Kier molecular flexibility index (Phi) is 4.08. The van der Waals surface area contributed by atoms with Gasteiger partial charge in [0.25, 0.3) is 0 Å². The molecule has 4 heteroatoms. The zero-order valence-electron chi connectivity index (χ0n) is 12.1. The van der Waals surface area contributed by atoms with Gasteiger partial charge in [-0.3, -0.25) is 0 Å². The summed E-state index contributed by atoms with van der Waals surface area (Å²) in [5.41, 5.74) is 1.23. The van der Waals surface area contributed by atoms with E-state index in [0.717, 1.165) is 25.2 Å². The molecular formula is C15H25N3S. The van der Waals surface area contributed by atoms with Crippen molar-refractivity contribution in [2.45, 2.75) is 71.0 Å². The highest BCUT2D eigenvalue weighted by molar-refractivity contribution is 7.15. The molecule has 2 aliphatic carbocycles. The number of aryl methyl sites for hydroxylation is 1. The summed E-state index contributed by atoms with van der Waals surface area (Å²) < 4.78 is 0. The fourth-order valence-electron chi connectivity index (χ4n) is 2.99. The van der Waals surface area contributed by atoms with Crippen LogP contribution in [0, 0.1) is 6.92 Å². The van der Waals surface area contributed by atoms with E-state index in [2.05, 4.69) is 24.1 Å². The van der Waals surface area contributed by atoms with Gasteiger partial charge in [-0.2, -0.15) is 0 Å². The van der Waals surface area contributed by atoms with E-state index in [1.807, 2.05) is 11.3 Å². The first kappa shape index (κ1) is 13.4. The highest BCUT2D eigenvalue weighted by Crippen LogP contribution is 2.32. The third-order valence-corrected chi connectivity index (χ3v) is 5.56. The van der Waals surface area contributed by atoms with Gasteiger partial charge in [0.2, 0.25) is 0 Å². The van der Waals surface area contributed by atoms with Crippen LogP contribution in [0.3, 0.4) is 0 Å². The van der Waals surface area contributed by atoms with Gasteiger partial charge in [-0.15, -0.1) is 11.3 Å². The second-order valence-corrected chi connectivity index (χ2v) is 6.95.